The number of hydrogen-bond acceptors (Lipinski definition) is 9. The Labute approximate surface area is 357 Å². The topological polar surface area (TPSA) is 166 Å². The van der Waals surface area contributed by atoms with E-state index < -0.39 is 18.0 Å². The maximum Gasteiger partial charge on any atom is 0.311 e. The number of carboxylic acids is 1. The molecule has 1 aliphatic carbocycles. The third-order valence-electron chi connectivity index (χ3n) is 10.5. The van der Waals surface area contributed by atoms with Gasteiger partial charge in [-0.25, -0.2) is 0 Å². The number of hydrogen-bond donors (Lipinski definition) is 3. The minimum Gasteiger partial charge on any atom is -0.481 e. The number of nitriles is 2. The summed E-state index contributed by atoms with van der Waals surface area (Å²) in [5, 5.41) is 43.0. The molecule has 0 spiro atoms. The molecule has 1 saturated carbocycles. The second kappa shape index (κ2) is 19.5. The van der Waals surface area contributed by atoms with Crippen LogP contribution in [0.2, 0.25) is 15.1 Å². The number of pyridine rings is 1. The Morgan fingerprint density at radius 1 is 0.864 bits per heavy atom. The minimum absolute atomic E-state index is 0.0284. The summed E-state index contributed by atoms with van der Waals surface area (Å²) in [4.78, 5) is 28.1. The lowest BCUT2D eigenvalue weighted by atomic mass is 9.85. The summed E-state index contributed by atoms with van der Waals surface area (Å²) in [6.45, 7) is 2.31. The van der Waals surface area contributed by atoms with Crippen LogP contribution in [0.3, 0.4) is 0 Å². The lowest BCUT2D eigenvalue weighted by molar-refractivity contribution is -0.150. The first-order chi connectivity index (χ1) is 28.4. The Morgan fingerprint density at radius 2 is 1.53 bits per heavy atom. The van der Waals surface area contributed by atoms with Gasteiger partial charge in [0, 0.05) is 47.2 Å². The summed E-state index contributed by atoms with van der Waals surface area (Å²) in [6.07, 6.45) is 2.50. The molecule has 1 aromatic heterocycles. The summed E-state index contributed by atoms with van der Waals surface area (Å²) < 4.78 is 12.2. The number of aliphatic carboxylic acids is 1. The number of carboxylic acid groups (broad SMARTS) is 1. The maximum atomic E-state index is 11.9. The molecule has 0 aliphatic heterocycles. The molecule has 302 valence electrons. The monoisotopic (exact) mass is 850 g/mol. The number of Topliss-reactive ketones (excluding diaryl/α,β-unsaturated/α-hetero) is 1. The van der Waals surface area contributed by atoms with Crippen LogP contribution in [0.4, 0.5) is 0 Å². The zero-order valence-electron chi connectivity index (χ0n) is 32.2. The normalized spacial score (nSPS) is 14.6. The molecule has 5 aromatic rings. The van der Waals surface area contributed by atoms with Gasteiger partial charge in [-0.2, -0.15) is 15.5 Å². The largest absolute Gasteiger partial charge is 0.481 e. The number of aryl methyl sites for hydroxylation is 1. The van der Waals surface area contributed by atoms with Gasteiger partial charge in [0.2, 0.25) is 11.8 Å². The Kier molecular flexibility index (Phi) is 14.3. The van der Waals surface area contributed by atoms with Crippen molar-refractivity contribution in [1.82, 2.24) is 10.3 Å². The van der Waals surface area contributed by atoms with E-state index in [4.69, 9.17) is 44.3 Å². The number of rotatable bonds is 17. The zero-order chi connectivity index (χ0) is 42.1. The highest BCUT2D eigenvalue weighted by Crippen LogP contribution is 2.41. The molecule has 0 saturated heterocycles. The number of carbonyl (C=O) groups is 2. The Hall–Kier alpha value is -5.46. The molecule has 0 amide bonds. The minimum atomic E-state index is -1.42. The fraction of sp³-hybridized carbons (Fsp3) is 0.283. The van der Waals surface area contributed by atoms with E-state index in [1.807, 2.05) is 60.7 Å². The molecule has 13 heteroatoms. The molecule has 1 fully saturated rings. The van der Waals surface area contributed by atoms with Crippen LogP contribution in [-0.2, 0) is 35.8 Å². The molecular weight excluding hydrogens is 811 g/mol. The van der Waals surface area contributed by atoms with Crippen molar-refractivity contribution in [1.29, 1.82) is 10.5 Å². The van der Waals surface area contributed by atoms with Crippen molar-refractivity contribution in [2.45, 2.75) is 58.8 Å². The molecule has 6 rings (SSSR count). The highest BCUT2D eigenvalue weighted by Gasteiger charge is 2.33. The highest BCUT2D eigenvalue weighted by atomic mass is 35.5. The molecule has 1 heterocycles. The highest BCUT2D eigenvalue weighted by molar-refractivity contribution is 6.38. The van der Waals surface area contributed by atoms with Crippen molar-refractivity contribution in [2.24, 2.45) is 11.3 Å². The summed E-state index contributed by atoms with van der Waals surface area (Å²) in [5.74, 6) is -0.256. The quantitative estimate of drug-likeness (QED) is 0.0820. The van der Waals surface area contributed by atoms with Gasteiger partial charge in [0.25, 0.3) is 0 Å². The predicted molar refractivity (Wildman–Crippen MR) is 226 cm³/mol. The lowest BCUT2D eigenvalue weighted by Gasteiger charge is -2.22. The average molecular weight is 852 g/mol. The van der Waals surface area contributed by atoms with Gasteiger partial charge in [0.1, 0.15) is 24.0 Å². The standard InChI is InChI=1S/C46H41Cl3N4O6/c1-46(27-54,45(56)57)15-14-34-20-40(47)44(53-43(34)58-25-32-17-30(21-50)16-31(18-32)22-51)59-26-35-4-2-6-38(41(35)48)39-7-3-5-37(42(39)49)33-11-8-28(9-12-33)23-52-24-29-10-13-36(55)19-29/h2-9,11-12,16-18,20,29,52,54H,10,13-15,19,23-27H2,1H3,(H,56,57)/t29-,46+/m1/s1. The SMILES string of the molecule is C[C@@](CO)(CCc1cc(Cl)c(OCc2cccc(-c3cccc(-c4ccc(CNC[C@@H]5CCC(=O)C5)cc4)c3Cl)c2Cl)nc1OCc1cc(C#N)cc(C#N)c1)C(=O)O. The van der Waals surface area contributed by atoms with E-state index in [1.165, 1.54) is 13.0 Å². The summed E-state index contributed by atoms with van der Waals surface area (Å²) in [6, 6.07) is 29.9. The number of nitrogens with one attached hydrogen (secondary N) is 1. The van der Waals surface area contributed by atoms with Crippen molar-refractivity contribution in [3.05, 3.63) is 133 Å². The zero-order valence-corrected chi connectivity index (χ0v) is 34.5. The molecule has 3 N–H and O–H groups in total. The molecule has 4 aromatic carbocycles. The van der Waals surface area contributed by atoms with Gasteiger partial charge >= 0.3 is 5.97 Å². The fourth-order valence-corrected chi connectivity index (χ4v) is 7.76. The van der Waals surface area contributed by atoms with Gasteiger partial charge in [-0.3, -0.25) is 9.59 Å². The molecule has 0 radical (unpaired) electrons. The van der Waals surface area contributed by atoms with Gasteiger partial charge in [-0.05, 0) is 79.6 Å². The van der Waals surface area contributed by atoms with Crippen LogP contribution in [0.15, 0.2) is 84.9 Å². The first kappa shape index (κ1) is 43.1. The summed E-state index contributed by atoms with van der Waals surface area (Å²) >= 11 is 20.8. The summed E-state index contributed by atoms with van der Waals surface area (Å²) in [5.41, 5.74) is 5.17. The third-order valence-corrected chi connectivity index (χ3v) is 11.7. The van der Waals surface area contributed by atoms with Gasteiger partial charge in [-0.1, -0.05) is 95.5 Å². The van der Waals surface area contributed by atoms with Crippen molar-refractivity contribution >= 4 is 46.6 Å². The van der Waals surface area contributed by atoms with Gasteiger partial charge in [-0.15, -0.1) is 0 Å². The van der Waals surface area contributed by atoms with Crippen molar-refractivity contribution in [3.63, 3.8) is 0 Å². The number of benzene rings is 4. The average Bonchev–Trinajstić information content (AvgIpc) is 3.66. The lowest BCUT2D eigenvalue weighted by Crippen LogP contribution is -2.32. The van der Waals surface area contributed by atoms with Crippen LogP contribution >= 0.6 is 34.8 Å². The number of ketones is 1. The van der Waals surface area contributed by atoms with Gasteiger partial charge in [0.05, 0.1) is 45.3 Å². The molecular formula is C46H41Cl3N4O6. The number of aromatic nitrogens is 1. The fourth-order valence-electron chi connectivity index (χ4n) is 6.92. The smallest absolute Gasteiger partial charge is 0.311 e. The molecule has 1 aliphatic rings. The van der Waals surface area contributed by atoms with E-state index >= 15 is 0 Å². The number of halogens is 3. The predicted octanol–water partition coefficient (Wildman–Crippen LogP) is 9.75. The third kappa shape index (κ3) is 10.6. The van der Waals surface area contributed by atoms with Crippen LogP contribution in [0.5, 0.6) is 11.8 Å². The molecule has 59 heavy (non-hydrogen) atoms. The van der Waals surface area contributed by atoms with E-state index in [9.17, 15) is 30.3 Å². The summed E-state index contributed by atoms with van der Waals surface area (Å²) in [7, 11) is 0. The van der Waals surface area contributed by atoms with E-state index in [-0.39, 0.29) is 54.0 Å². The van der Waals surface area contributed by atoms with Crippen LogP contribution in [0.1, 0.15) is 66.0 Å². The van der Waals surface area contributed by atoms with Gasteiger partial charge in [0.15, 0.2) is 0 Å². The Bertz CT molecular complexity index is 2410. The number of carbonyl (C=O) groups excluding carboxylic acids is 1. The van der Waals surface area contributed by atoms with Crippen molar-refractivity contribution in [2.75, 3.05) is 13.2 Å². The molecule has 10 nitrogen and oxygen atoms in total. The van der Waals surface area contributed by atoms with E-state index in [2.05, 4.69) is 22.4 Å². The van der Waals surface area contributed by atoms with E-state index in [0.717, 1.165) is 35.2 Å². The Morgan fingerprint density at radius 3 is 2.17 bits per heavy atom. The second-order valence-electron chi connectivity index (χ2n) is 14.9. The number of nitrogens with zero attached hydrogens (tertiary/aromatic N) is 3. The van der Waals surface area contributed by atoms with Gasteiger partial charge < -0.3 is 25.0 Å². The van der Waals surface area contributed by atoms with Crippen LogP contribution in [0.25, 0.3) is 22.3 Å². The van der Waals surface area contributed by atoms with E-state index in [1.54, 1.807) is 18.2 Å². The molecule has 0 unspecified atom stereocenters. The number of aliphatic hydroxyl groups is 1. The van der Waals surface area contributed by atoms with Crippen LogP contribution < -0.4 is 14.8 Å². The second-order valence-corrected chi connectivity index (χ2v) is 16.1. The number of ether oxygens (including phenoxy) is 2. The maximum absolute atomic E-state index is 11.9. The van der Waals surface area contributed by atoms with Crippen molar-refractivity contribution in [3.8, 4) is 46.2 Å². The molecule has 0 bridgehead atoms. The van der Waals surface area contributed by atoms with E-state index in [0.29, 0.717) is 63.4 Å². The number of aliphatic hydroxyl groups excluding tert-OH is 1. The van der Waals surface area contributed by atoms with Crippen LogP contribution in [0, 0.1) is 34.0 Å². The Balaban J connectivity index is 1.20. The van der Waals surface area contributed by atoms with Crippen LogP contribution in [-0.4, -0.2) is 40.1 Å². The first-order valence-corrected chi connectivity index (χ1v) is 20.2. The van der Waals surface area contributed by atoms with Crippen molar-refractivity contribution < 1.29 is 29.3 Å². The first-order valence-electron chi connectivity index (χ1n) is 19.0. The molecule has 2 atom stereocenters.